The van der Waals surface area contributed by atoms with E-state index < -0.39 is 17.6 Å². The fourth-order valence-corrected chi connectivity index (χ4v) is 3.02. The standard InChI is InChI=1S/C23H17F4N5O2/c1-14-19(13-31-32(14)20-8-3-16(12-28-20)23(25,26)27)22(33)30-11-15-2-9-21(29-10-15)34-18-6-4-17(24)5-7-18/h2-10,12-13H,11H2,1H3,(H,30,33). The van der Waals surface area contributed by atoms with Crippen LogP contribution in [0.4, 0.5) is 17.6 Å². The van der Waals surface area contributed by atoms with Crippen molar-refractivity contribution in [2.45, 2.75) is 19.6 Å². The molecule has 0 atom stereocenters. The van der Waals surface area contributed by atoms with E-state index in [4.69, 9.17) is 4.74 Å². The van der Waals surface area contributed by atoms with Crippen LogP contribution in [-0.4, -0.2) is 25.7 Å². The summed E-state index contributed by atoms with van der Waals surface area (Å²) in [5.41, 5.74) is 0.507. The number of benzene rings is 1. The van der Waals surface area contributed by atoms with Crippen molar-refractivity contribution in [1.82, 2.24) is 25.1 Å². The van der Waals surface area contributed by atoms with E-state index >= 15 is 0 Å². The van der Waals surface area contributed by atoms with Crippen molar-refractivity contribution in [2.24, 2.45) is 0 Å². The van der Waals surface area contributed by atoms with E-state index in [9.17, 15) is 22.4 Å². The second kappa shape index (κ2) is 9.30. The second-order valence-electron chi connectivity index (χ2n) is 7.20. The van der Waals surface area contributed by atoms with Crippen molar-refractivity contribution < 1.29 is 27.1 Å². The van der Waals surface area contributed by atoms with Gasteiger partial charge < -0.3 is 10.1 Å². The molecule has 0 aliphatic carbocycles. The Kier molecular flexibility index (Phi) is 6.26. The average molecular weight is 471 g/mol. The minimum Gasteiger partial charge on any atom is -0.439 e. The minimum absolute atomic E-state index is 0.158. The van der Waals surface area contributed by atoms with Crippen LogP contribution in [-0.2, 0) is 12.7 Å². The highest BCUT2D eigenvalue weighted by molar-refractivity contribution is 5.95. The third kappa shape index (κ3) is 5.20. The summed E-state index contributed by atoms with van der Waals surface area (Å²) >= 11 is 0. The number of ether oxygens (including phenoxy) is 1. The summed E-state index contributed by atoms with van der Waals surface area (Å²) in [4.78, 5) is 20.6. The molecule has 1 aromatic carbocycles. The van der Waals surface area contributed by atoms with Crippen molar-refractivity contribution >= 4 is 5.91 Å². The summed E-state index contributed by atoms with van der Waals surface area (Å²) < 4.78 is 58.0. The number of amides is 1. The van der Waals surface area contributed by atoms with E-state index in [0.29, 0.717) is 29.1 Å². The summed E-state index contributed by atoms with van der Waals surface area (Å²) in [6.45, 7) is 1.79. The lowest BCUT2D eigenvalue weighted by atomic mass is 10.2. The predicted octanol–water partition coefficient (Wildman–Crippen LogP) is 4.85. The molecule has 1 amide bonds. The highest BCUT2D eigenvalue weighted by atomic mass is 19.4. The maximum Gasteiger partial charge on any atom is 0.417 e. The molecule has 0 saturated carbocycles. The zero-order chi connectivity index (χ0) is 24.3. The van der Waals surface area contributed by atoms with Gasteiger partial charge in [-0.25, -0.2) is 19.0 Å². The molecule has 4 aromatic rings. The van der Waals surface area contributed by atoms with Crippen molar-refractivity contribution in [2.75, 3.05) is 0 Å². The molecular formula is C23H17F4N5O2. The molecule has 3 aromatic heterocycles. The van der Waals surface area contributed by atoms with E-state index in [-0.39, 0.29) is 23.7 Å². The van der Waals surface area contributed by atoms with Crippen molar-refractivity contribution in [3.8, 4) is 17.4 Å². The Morgan fingerprint density at radius 3 is 2.38 bits per heavy atom. The van der Waals surface area contributed by atoms with Gasteiger partial charge in [0.05, 0.1) is 23.0 Å². The fourth-order valence-electron chi connectivity index (χ4n) is 3.02. The minimum atomic E-state index is -4.49. The zero-order valence-electron chi connectivity index (χ0n) is 17.7. The van der Waals surface area contributed by atoms with Gasteiger partial charge >= 0.3 is 6.18 Å². The number of nitrogens with one attached hydrogen (secondary N) is 1. The topological polar surface area (TPSA) is 81.9 Å². The molecule has 3 heterocycles. The lowest BCUT2D eigenvalue weighted by molar-refractivity contribution is -0.137. The van der Waals surface area contributed by atoms with Gasteiger partial charge in [-0.05, 0) is 48.9 Å². The van der Waals surface area contributed by atoms with Crippen molar-refractivity contribution in [3.63, 3.8) is 0 Å². The van der Waals surface area contributed by atoms with Crippen LogP contribution in [0.3, 0.4) is 0 Å². The van der Waals surface area contributed by atoms with Gasteiger partial charge in [0.2, 0.25) is 5.88 Å². The van der Waals surface area contributed by atoms with Crippen LogP contribution in [0.25, 0.3) is 5.82 Å². The molecule has 0 bridgehead atoms. The first-order chi connectivity index (χ1) is 16.2. The summed E-state index contributed by atoms with van der Waals surface area (Å²) in [5, 5.41) is 6.81. The van der Waals surface area contributed by atoms with Crippen LogP contribution in [0.15, 0.2) is 67.1 Å². The predicted molar refractivity (Wildman–Crippen MR) is 113 cm³/mol. The molecule has 7 nitrogen and oxygen atoms in total. The van der Waals surface area contributed by atoms with Crippen LogP contribution in [0.1, 0.15) is 27.2 Å². The number of carbonyl (C=O) groups is 1. The molecule has 0 fully saturated rings. The number of carbonyl (C=O) groups excluding carboxylic acids is 1. The Hall–Kier alpha value is -4.28. The first kappa shape index (κ1) is 22.9. The maximum absolute atomic E-state index is 13.0. The van der Waals surface area contributed by atoms with E-state index in [1.54, 1.807) is 19.1 Å². The maximum atomic E-state index is 13.0. The Bertz CT molecular complexity index is 1290. The number of alkyl halides is 3. The smallest absolute Gasteiger partial charge is 0.417 e. The van der Waals surface area contributed by atoms with E-state index in [2.05, 4.69) is 20.4 Å². The molecule has 0 radical (unpaired) electrons. The number of nitrogens with zero attached hydrogens (tertiary/aromatic N) is 4. The quantitative estimate of drug-likeness (QED) is 0.407. The van der Waals surface area contributed by atoms with Gasteiger partial charge in [0.25, 0.3) is 5.91 Å². The fraction of sp³-hybridized carbons (Fsp3) is 0.130. The highest BCUT2D eigenvalue weighted by Crippen LogP contribution is 2.29. The lowest BCUT2D eigenvalue weighted by Gasteiger charge is -2.09. The Morgan fingerprint density at radius 1 is 1.00 bits per heavy atom. The van der Waals surface area contributed by atoms with Crippen molar-refractivity contribution in [3.05, 3.63) is 95.3 Å². The molecule has 0 unspecified atom stereocenters. The summed E-state index contributed by atoms with van der Waals surface area (Å²) in [6.07, 6.45) is -0.925. The lowest BCUT2D eigenvalue weighted by Crippen LogP contribution is -2.23. The third-order valence-corrected chi connectivity index (χ3v) is 4.83. The molecule has 34 heavy (non-hydrogen) atoms. The molecule has 0 aliphatic heterocycles. The normalized spacial score (nSPS) is 11.3. The van der Waals surface area contributed by atoms with E-state index in [0.717, 1.165) is 6.07 Å². The summed E-state index contributed by atoms with van der Waals surface area (Å²) in [6, 6.07) is 10.9. The van der Waals surface area contributed by atoms with Gasteiger partial charge in [-0.1, -0.05) is 6.07 Å². The summed E-state index contributed by atoms with van der Waals surface area (Å²) in [5.74, 6) is 0.114. The second-order valence-corrected chi connectivity index (χ2v) is 7.20. The van der Waals surface area contributed by atoms with Crippen molar-refractivity contribution in [1.29, 1.82) is 0 Å². The molecule has 174 valence electrons. The summed E-state index contributed by atoms with van der Waals surface area (Å²) in [7, 11) is 0. The van der Waals surface area contributed by atoms with Gasteiger partial charge in [0.1, 0.15) is 11.6 Å². The van der Waals surface area contributed by atoms with Crippen LogP contribution < -0.4 is 10.1 Å². The molecule has 0 saturated heterocycles. The Balaban J connectivity index is 1.38. The molecule has 1 N–H and O–H groups in total. The number of rotatable bonds is 6. The SMILES string of the molecule is Cc1c(C(=O)NCc2ccc(Oc3ccc(F)cc3)nc2)cnn1-c1ccc(C(F)(F)F)cn1. The highest BCUT2D eigenvalue weighted by Gasteiger charge is 2.30. The third-order valence-electron chi connectivity index (χ3n) is 4.83. The molecule has 0 spiro atoms. The molecular weight excluding hydrogens is 454 g/mol. The van der Waals surface area contributed by atoms with E-state index in [1.807, 2.05) is 0 Å². The Labute approximate surface area is 191 Å². The van der Waals surface area contributed by atoms with Gasteiger partial charge in [-0.3, -0.25) is 4.79 Å². The van der Waals surface area contributed by atoms with Gasteiger partial charge in [0, 0.05) is 25.0 Å². The van der Waals surface area contributed by atoms with E-state index in [1.165, 1.54) is 47.4 Å². The van der Waals surface area contributed by atoms with Gasteiger partial charge in [-0.15, -0.1) is 0 Å². The number of aromatic nitrogens is 4. The number of hydrogen-bond donors (Lipinski definition) is 1. The number of pyridine rings is 2. The average Bonchev–Trinajstić information content (AvgIpc) is 3.21. The van der Waals surface area contributed by atoms with Gasteiger partial charge in [0.15, 0.2) is 5.82 Å². The Morgan fingerprint density at radius 2 is 1.76 bits per heavy atom. The number of hydrogen-bond acceptors (Lipinski definition) is 5. The van der Waals surface area contributed by atoms with Crippen LogP contribution in [0.5, 0.6) is 11.6 Å². The van der Waals surface area contributed by atoms with Crippen LogP contribution in [0.2, 0.25) is 0 Å². The van der Waals surface area contributed by atoms with Crippen LogP contribution in [0, 0.1) is 12.7 Å². The monoisotopic (exact) mass is 471 g/mol. The molecule has 0 aliphatic rings. The largest absolute Gasteiger partial charge is 0.439 e. The van der Waals surface area contributed by atoms with Crippen LogP contribution >= 0.6 is 0 Å². The molecule has 4 rings (SSSR count). The van der Waals surface area contributed by atoms with Gasteiger partial charge in [-0.2, -0.15) is 18.3 Å². The number of halogens is 4. The first-order valence-electron chi connectivity index (χ1n) is 9.95. The molecule has 11 heteroatoms. The first-order valence-corrected chi connectivity index (χ1v) is 9.95. The zero-order valence-corrected chi connectivity index (χ0v) is 17.7.